The van der Waals surface area contributed by atoms with Gasteiger partial charge < -0.3 is 30.7 Å². The first-order valence-corrected chi connectivity index (χ1v) is 11.7. The summed E-state index contributed by atoms with van der Waals surface area (Å²) in [7, 11) is 2.04. The molecule has 1 saturated carbocycles. The largest absolute Gasteiger partial charge is 0.378 e. The lowest BCUT2D eigenvalue weighted by Crippen LogP contribution is -2.35. The lowest BCUT2D eigenvalue weighted by atomic mass is 9.95. The van der Waals surface area contributed by atoms with E-state index in [0.717, 1.165) is 18.4 Å². The number of halogens is 1. The maximum absolute atomic E-state index is 13.2. The van der Waals surface area contributed by atoms with Crippen LogP contribution in [0.15, 0.2) is 24.3 Å². The predicted molar refractivity (Wildman–Crippen MR) is 128 cm³/mol. The van der Waals surface area contributed by atoms with E-state index in [1.165, 1.54) is 31.4 Å². The molecule has 1 aliphatic rings. The van der Waals surface area contributed by atoms with Gasteiger partial charge in [-0.2, -0.15) is 15.0 Å². The molecule has 1 aliphatic carbocycles. The van der Waals surface area contributed by atoms with Crippen LogP contribution in [-0.4, -0.2) is 67.6 Å². The number of nitrogens with one attached hydrogen (secondary N) is 2. The van der Waals surface area contributed by atoms with Crippen LogP contribution < -0.4 is 21.3 Å². The number of benzene rings is 1. The number of rotatable bonds is 14. The van der Waals surface area contributed by atoms with E-state index in [4.69, 9.17) is 15.2 Å². The molecule has 1 aromatic heterocycles. The van der Waals surface area contributed by atoms with Crippen LogP contribution in [0.3, 0.4) is 0 Å². The van der Waals surface area contributed by atoms with Gasteiger partial charge in [-0.15, -0.1) is 0 Å². The Morgan fingerprint density at radius 1 is 0.939 bits per heavy atom. The summed E-state index contributed by atoms with van der Waals surface area (Å²) < 4.78 is 24.0. The zero-order valence-electron chi connectivity index (χ0n) is 19.4. The van der Waals surface area contributed by atoms with Gasteiger partial charge in [0.1, 0.15) is 5.82 Å². The second-order valence-electron chi connectivity index (χ2n) is 8.11. The summed E-state index contributed by atoms with van der Waals surface area (Å²) in [5.74, 6) is 1.35. The molecule has 4 N–H and O–H groups in total. The minimum Gasteiger partial charge on any atom is -0.378 e. The molecule has 0 spiro atoms. The van der Waals surface area contributed by atoms with E-state index in [9.17, 15) is 4.39 Å². The highest BCUT2D eigenvalue weighted by Crippen LogP contribution is 2.25. The molecule has 9 nitrogen and oxygen atoms in total. The zero-order valence-corrected chi connectivity index (χ0v) is 19.4. The maximum atomic E-state index is 13.2. The number of nitrogens with two attached hydrogens (primary N) is 1. The Hall–Kier alpha value is -2.56. The Morgan fingerprint density at radius 3 is 2.30 bits per heavy atom. The van der Waals surface area contributed by atoms with Gasteiger partial charge in [0.2, 0.25) is 17.8 Å². The Balaban J connectivity index is 1.60. The molecule has 0 aliphatic heterocycles. The summed E-state index contributed by atoms with van der Waals surface area (Å²) in [5.41, 5.74) is 6.33. The van der Waals surface area contributed by atoms with E-state index < -0.39 is 0 Å². The average Bonchev–Trinajstić information content (AvgIpc) is 2.85. The summed E-state index contributed by atoms with van der Waals surface area (Å²) in [6.07, 6.45) is 6.03. The van der Waals surface area contributed by atoms with Crippen LogP contribution in [0.25, 0.3) is 0 Å². The monoisotopic (exact) mass is 461 g/mol. The molecule has 1 aromatic carbocycles. The van der Waals surface area contributed by atoms with Gasteiger partial charge in [-0.3, -0.25) is 0 Å². The normalized spacial score (nSPS) is 14.3. The molecule has 2 aromatic rings. The molecule has 1 heterocycles. The molecule has 0 atom stereocenters. The SMILES string of the molecule is CN(c1nc(NCCOCCOCCN)nc(NCc2ccc(F)cc2)n1)C1CCCCC1. The van der Waals surface area contributed by atoms with Crippen molar-refractivity contribution >= 4 is 17.8 Å². The number of nitrogens with zero attached hydrogens (tertiary/aromatic N) is 4. The van der Waals surface area contributed by atoms with Crippen molar-refractivity contribution in [1.82, 2.24) is 15.0 Å². The highest BCUT2D eigenvalue weighted by molar-refractivity contribution is 5.44. The van der Waals surface area contributed by atoms with Crippen molar-refractivity contribution in [2.75, 3.05) is 62.1 Å². The third-order valence-electron chi connectivity index (χ3n) is 5.59. The Labute approximate surface area is 195 Å². The Morgan fingerprint density at radius 2 is 1.61 bits per heavy atom. The fraction of sp³-hybridized carbons (Fsp3) is 0.609. The molecule has 3 rings (SSSR count). The van der Waals surface area contributed by atoms with Gasteiger partial charge in [0.25, 0.3) is 0 Å². The molecular weight excluding hydrogens is 425 g/mol. The van der Waals surface area contributed by atoms with Crippen molar-refractivity contribution in [3.8, 4) is 0 Å². The molecular formula is C23H36FN7O2. The summed E-state index contributed by atoms with van der Waals surface area (Å²) in [6.45, 7) is 3.64. The topological polar surface area (TPSA) is 110 Å². The predicted octanol–water partition coefficient (Wildman–Crippen LogP) is 2.80. The van der Waals surface area contributed by atoms with Crippen LogP contribution in [0.1, 0.15) is 37.7 Å². The summed E-state index contributed by atoms with van der Waals surface area (Å²) in [5, 5.41) is 6.47. The highest BCUT2D eigenvalue weighted by Gasteiger charge is 2.21. The second kappa shape index (κ2) is 13.9. The van der Waals surface area contributed by atoms with Gasteiger partial charge in [-0.1, -0.05) is 31.4 Å². The number of aromatic nitrogens is 3. The lowest BCUT2D eigenvalue weighted by molar-refractivity contribution is 0.0547. The fourth-order valence-corrected chi connectivity index (χ4v) is 3.74. The average molecular weight is 462 g/mol. The van der Waals surface area contributed by atoms with E-state index in [1.807, 2.05) is 7.05 Å². The van der Waals surface area contributed by atoms with Crippen LogP contribution in [0.4, 0.5) is 22.2 Å². The Kier molecular flexibility index (Phi) is 10.5. The summed E-state index contributed by atoms with van der Waals surface area (Å²) >= 11 is 0. The van der Waals surface area contributed by atoms with Gasteiger partial charge in [-0.25, -0.2) is 4.39 Å². The molecule has 182 valence electrons. The van der Waals surface area contributed by atoms with E-state index >= 15 is 0 Å². The molecule has 0 amide bonds. The van der Waals surface area contributed by atoms with Crippen molar-refractivity contribution < 1.29 is 13.9 Å². The van der Waals surface area contributed by atoms with Crippen LogP contribution in [0.5, 0.6) is 0 Å². The third kappa shape index (κ3) is 8.71. The quantitative estimate of drug-likeness (QED) is 0.366. The van der Waals surface area contributed by atoms with Crippen molar-refractivity contribution in [2.45, 2.75) is 44.7 Å². The molecule has 0 bridgehead atoms. The van der Waals surface area contributed by atoms with Crippen LogP contribution in [0, 0.1) is 5.82 Å². The van der Waals surface area contributed by atoms with E-state index in [1.54, 1.807) is 12.1 Å². The minimum atomic E-state index is -0.255. The smallest absolute Gasteiger partial charge is 0.231 e. The molecule has 0 unspecified atom stereocenters. The molecule has 10 heteroatoms. The lowest BCUT2D eigenvalue weighted by Gasteiger charge is -2.31. The standard InChI is InChI=1S/C23H36FN7O2/c1-31(20-5-3-2-4-6-20)23-29-21(26-12-14-33-16-15-32-13-11-25)28-22(30-23)27-17-18-7-9-19(24)10-8-18/h7-10,20H,2-6,11-17,25H2,1H3,(H2,26,27,28,29,30). The van der Waals surface area contributed by atoms with Crippen molar-refractivity contribution in [3.05, 3.63) is 35.6 Å². The number of hydrogen-bond acceptors (Lipinski definition) is 9. The van der Waals surface area contributed by atoms with Crippen LogP contribution in [-0.2, 0) is 16.0 Å². The van der Waals surface area contributed by atoms with Crippen LogP contribution in [0.2, 0.25) is 0 Å². The molecule has 0 radical (unpaired) electrons. The van der Waals surface area contributed by atoms with Crippen molar-refractivity contribution in [2.24, 2.45) is 5.73 Å². The first-order valence-electron chi connectivity index (χ1n) is 11.7. The molecule has 1 fully saturated rings. The highest BCUT2D eigenvalue weighted by atomic mass is 19.1. The molecule has 33 heavy (non-hydrogen) atoms. The minimum absolute atomic E-state index is 0.255. The first kappa shape index (κ1) is 25.1. The first-order chi connectivity index (χ1) is 16.2. The Bertz CT molecular complexity index is 819. The maximum Gasteiger partial charge on any atom is 0.231 e. The van der Waals surface area contributed by atoms with Gasteiger partial charge in [0.15, 0.2) is 0 Å². The third-order valence-corrected chi connectivity index (χ3v) is 5.59. The zero-order chi connectivity index (χ0) is 23.3. The number of anilines is 3. The number of hydrogen-bond donors (Lipinski definition) is 3. The van der Waals surface area contributed by atoms with E-state index in [2.05, 4.69) is 30.5 Å². The van der Waals surface area contributed by atoms with E-state index in [-0.39, 0.29) is 5.82 Å². The van der Waals surface area contributed by atoms with Crippen LogP contribution >= 0.6 is 0 Å². The van der Waals surface area contributed by atoms with Gasteiger partial charge in [0.05, 0.1) is 26.4 Å². The van der Waals surface area contributed by atoms with Gasteiger partial charge in [-0.05, 0) is 30.5 Å². The van der Waals surface area contributed by atoms with Crippen molar-refractivity contribution in [1.29, 1.82) is 0 Å². The molecule has 0 saturated heterocycles. The number of ether oxygens (including phenoxy) is 2. The van der Waals surface area contributed by atoms with Gasteiger partial charge in [0, 0.05) is 32.7 Å². The summed E-state index contributed by atoms with van der Waals surface area (Å²) in [4.78, 5) is 16.0. The van der Waals surface area contributed by atoms with E-state index in [0.29, 0.717) is 69.9 Å². The fourth-order valence-electron chi connectivity index (χ4n) is 3.74. The second-order valence-corrected chi connectivity index (χ2v) is 8.11. The summed E-state index contributed by atoms with van der Waals surface area (Å²) in [6, 6.07) is 6.80. The van der Waals surface area contributed by atoms with Crippen molar-refractivity contribution in [3.63, 3.8) is 0 Å². The van der Waals surface area contributed by atoms with Gasteiger partial charge >= 0.3 is 0 Å².